The molecule has 5 N–H and O–H groups in total. The van der Waals surface area contributed by atoms with Gasteiger partial charge < -0.3 is 44.9 Å². The Hall–Kier alpha value is -3.96. The maximum atomic E-state index is 9.96. The van der Waals surface area contributed by atoms with Gasteiger partial charge in [0.25, 0.3) is 0 Å². The molecule has 1 unspecified atom stereocenters. The Bertz CT molecular complexity index is 1840. The third-order valence-electron chi connectivity index (χ3n) is 8.93. The van der Waals surface area contributed by atoms with Crippen LogP contribution in [0.1, 0.15) is 40.7 Å². The molecule has 13 heteroatoms. The van der Waals surface area contributed by atoms with E-state index in [0.29, 0.717) is 70.1 Å². The van der Waals surface area contributed by atoms with Gasteiger partial charge in [0.15, 0.2) is 0 Å². The first-order valence-electron chi connectivity index (χ1n) is 17.2. The third kappa shape index (κ3) is 10.6. The highest BCUT2D eigenvalue weighted by atomic mass is 35.5. The quantitative estimate of drug-likeness (QED) is 0.0921. The van der Waals surface area contributed by atoms with E-state index in [1.54, 1.807) is 24.4 Å². The molecule has 4 aromatic rings. The van der Waals surface area contributed by atoms with Gasteiger partial charge in [-0.3, -0.25) is 4.98 Å². The molecule has 0 bridgehead atoms. The standard InChI is InChI=1S/C39H44Cl2N4O7/c1-25-28(5-2-6-31(25)32-7-3-8-36(39(32)41)50-12-4-10-45-11-9-34(48)35(49)21-45)24-52-38-15-37(51-23-27-13-26(16-42)17-43-18-27)29(14-33(38)40)19-44-20-30(47)22-46/h2-3,5-8,13-15,17-18,30,34-35,44,46-49H,4,9-12,19-24H2,1H3/t30?,34-,35-/m0/s1. The van der Waals surface area contributed by atoms with E-state index in [9.17, 15) is 25.7 Å². The number of halogens is 2. The number of pyridine rings is 1. The predicted octanol–water partition coefficient (Wildman–Crippen LogP) is 5.03. The smallest absolute Gasteiger partial charge is 0.142 e. The van der Waals surface area contributed by atoms with Crippen molar-refractivity contribution >= 4 is 23.2 Å². The van der Waals surface area contributed by atoms with Gasteiger partial charge in [-0.25, -0.2) is 0 Å². The number of aliphatic hydroxyl groups excluding tert-OH is 4. The molecule has 1 aromatic heterocycles. The Labute approximate surface area is 313 Å². The summed E-state index contributed by atoms with van der Waals surface area (Å²) < 4.78 is 18.5. The Morgan fingerprint density at radius 1 is 0.962 bits per heavy atom. The molecular formula is C39H44Cl2N4O7. The lowest BCUT2D eigenvalue weighted by atomic mass is 9.96. The van der Waals surface area contributed by atoms with Crippen LogP contribution in [0.2, 0.25) is 10.0 Å². The van der Waals surface area contributed by atoms with Gasteiger partial charge in [-0.15, -0.1) is 0 Å². The number of nitrogens with one attached hydrogen (secondary N) is 1. The number of hydrogen-bond donors (Lipinski definition) is 5. The predicted molar refractivity (Wildman–Crippen MR) is 199 cm³/mol. The van der Waals surface area contributed by atoms with Gasteiger partial charge in [-0.2, -0.15) is 5.26 Å². The lowest BCUT2D eigenvalue weighted by molar-refractivity contribution is -0.0389. The zero-order chi connectivity index (χ0) is 37.0. The molecule has 276 valence electrons. The minimum atomic E-state index is -0.908. The molecule has 2 heterocycles. The van der Waals surface area contributed by atoms with Crippen LogP contribution in [-0.2, 0) is 19.8 Å². The minimum Gasteiger partial charge on any atom is -0.492 e. The summed E-state index contributed by atoms with van der Waals surface area (Å²) in [6, 6.07) is 18.9. The maximum Gasteiger partial charge on any atom is 0.142 e. The first kappa shape index (κ1) is 39.3. The number of nitrogens with zero attached hydrogens (tertiary/aromatic N) is 3. The fraction of sp³-hybridized carbons (Fsp3) is 0.385. The highest BCUT2D eigenvalue weighted by molar-refractivity contribution is 6.35. The molecule has 1 fully saturated rings. The third-order valence-corrected chi connectivity index (χ3v) is 9.61. The molecule has 1 aliphatic rings. The van der Waals surface area contributed by atoms with Crippen molar-refractivity contribution in [2.75, 3.05) is 39.4 Å². The number of aromatic nitrogens is 1. The number of aliphatic hydroxyl groups is 4. The van der Waals surface area contributed by atoms with E-state index in [1.807, 2.05) is 43.3 Å². The molecule has 0 amide bonds. The number of benzene rings is 3. The topological polar surface area (TPSA) is 161 Å². The lowest BCUT2D eigenvalue weighted by Crippen LogP contribution is -2.46. The Morgan fingerprint density at radius 2 is 1.75 bits per heavy atom. The summed E-state index contributed by atoms with van der Waals surface area (Å²) in [6.45, 7) is 4.89. The summed E-state index contributed by atoms with van der Waals surface area (Å²) in [4.78, 5) is 6.23. The molecule has 0 spiro atoms. The van der Waals surface area contributed by atoms with Gasteiger partial charge in [-0.05, 0) is 54.7 Å². The van der Waals surface area contributed by atoms with E-state index in [1.165, 1.54) is 6.20 Å². The second kappa shape index (κ2) is 19.2. The second-order valence-electron chi connectivity index (χ2n) is 12.8. The van der Waals surface area contributed by atoms with Crippen LogP contribution < -0.4 is 19.5 Å². The fourth-order valence-corrected chi connectivity index (χ4v) is 6.48. The molecule has 11 nitrogen and oxygen atoms in total. The van der Waals surface area contributed by atoms with Crippen LogP contribution in [0.4, 0.5) is 0 Å². The molecule has 3 atom stereocenters. The average Bonchev–Trinajstić information content (AvgIpc) is 3.15. The van der Waals surface area contributed by atoms with Crippen molar-refractivity contribution in [3.63, 3.8) is 0 Å². The summed E-state index contributed by atoms with van der Waals surface area (Å²) in [7, 11) is 0. The summed E-state index contributed by atoms with van der Waals surface area (Å²) in [6.07, 6.45) is 2.14. The Morgan fingerprint density at radius 3 is 2.54 bits per heavy atom. The van der Waals surface area contributed by atoms with Crippen molar-refractivity contribution in [2.24, 2.45) is 0 Å². The minimum absolute atomic E-state index is 0.147. The first-order valence-corrected chi connectivity index (χ1v) is 17.9. The number of hydrogen-bond acceptors (Lipinski definition) is 11. The summed E-state index contributed by atoms with van der Waals surface area (Å²) in [5, 5.41) is 51.9. The summed E-state index contributed by atoms with van der Waals surface area (Å²) in [5.74, 6) is 1.49. The van der Waals surface area contributed by atoms with Crippen molar-refractivity contribution in [2.45, 2.75) is 57.8 Å². The van der Waals surface area contributed by atoms with Gasteiger partial charge in [0.1, 0.15) is 36.5 Å². The number of ether oxygens (including phenoxy) is 3. The molecule has 3 aromatic carbocycles. The Kier molecular flexibility index (Phi) is 14.5. The molecule has 52 heavy (non-hydrogen) atoms. The molecular weight excluding hydrogens is 707 g/mol. The van der Waals surface area contributed by atoms with Gasteiger partial charge in [0.05, 0.1) is 47.1 Å². The number of likely N-dealkylation sites (tertiary alicyclic amines) is 1. The van der Waals surface area contributed by atoms with Crippen molar-refractivity contribution in [3.8, 4) is 34.4 Å². The first-order chi connectivity index (χ1) is 25.2. The van der Waals surface area contributed by atoms with Gasteiger partial charge in [0, 0.05) is 67.9 Å². The molecule has 1 saturated heterocycles. The van der Waals surface area contributed by atoms with Crippen LogP contribution in [0, 0.1) is 18.3 Å². The van der Waals surface area contributed by atoms with E-state index in [4.69, 9.17) is 37.4 Å². The zero-order valence-electron chi connectivity index (χ0n) is 29.0. The Balaban J connectivity index is 1.27. The van der Waals surface area contributed by atoms with E-state index in [-0.39, 0.29) is 26.4 Å². The lowest BCUT2D eigenvalue weighted by Gasteiger charge is -2.33. The van der Waals surface area contributed by atoms with E-state index in [2.05, 4.69) is 21.3 Å². The van der Waals surface area contributed by atoms with Crippen LogP contribution in [-0.4, -0.2) is 88.0 Å². The van der Waals surface area contributed by atoms with Crippen molar-refractivity contribution < 1.29 is 34.6 Å². The van der Waals surface area contributed by atoms with E-state index in [0.717, 1.165) is 41.8 Å². The second-order valence-corrected chi connectivity index (χ2v) is 13.5. The largest absolute Gasteiger partial charge is 0.492 e. The number of nitriles is 1. The molecule has 0 radical (unpaired) electrons. The highest BCUT2D eigenvalue weighted by Crippen LogP contribution is 2.38. The number of β-amino-alcohol motifs (C(OH)–C–C–N with tert-alkyl or cyclic N) is 1. The molecule has 1 aliphatic heterocycles. The van der Waals surface area contributed by atoms with E-state index < -0.39 is 18.3 Å². The van der Waals surface area contributed by atoms with Crippen LogP contribution in [0.25, 0.3) is 11.1 Å². The van der Waals surface area contributed by atoms with Crippen molar-refractivity contribution in [1.29, 1.82) is 5.26 Å². The zero-order valence-corrected chi connectivity index (χ0v) is 30.5. The van der Waals surface area contributed by atoms with E-state index >= 15 is 0 Å². The van der Waals surface area contributed by atoms with Crippen molar-refractivity contribution in [3.05, 3.63) is 105 Å². The SMILES string of the molecule is Cc1c(COc2cc(OCc3cncc(C#N)c3)c(CNCC(O)CO)cc2Cl)cccc1-c1cccc(OCCCN2CC[C@H](O)[C@@H](O)C2)c1Cl. The molecule has 0 saturated carbocycles. The maximum absolute atomic E-state index is 9.96. The normalized spacial score (nSPS) is 16.7. The van der Waals surface area contributed by atoms with Crippen LogP contribution in [0.15, 0.2) is 67.0 Å². The van der Waals surface area contributed by atoms with Crippen LogP contribution in [0.3, 0.4) is 0 Å². The van der Waals surface area contributed by atoms with Crippen LogP contribution in [0.5, 0.6) is 17.2 Å². The monoisotopic (exact) mass is 750 g/mol. The average molecular weight is 752 g/mol. The molecule has 0 aliphatic carbocycles. The molecule has 5 rings (SSSR count). The van der Waals surface area contributed by atoms with Crippen LogP contribution >= 0.6 is 23.2 Å². The van der Waals surface area contributed by atoms with Crippen molar-refractivity contribution in [1.82, 2.24) is 15.2 Å². The fourth-order valence-electron chi connectivity index (χ4n) is 5.96. The number of piperidine rings is 1. The van der Waals surface area contributed by atoms with Gasteiger partial charge in [0.2, 0.25) is 0 Å². The van der Waals surface area contributed by atoms with Gasteiger partial charge in [-0.1, -0.05) is 53.5 Å². The number of rotatable bonds is 17. The van der Waals surface area contributed by atoms with Gasteiger partial charge >= 0.3 is 0 Å². The highest BCUT2D eigenvalue weighted by Gasteiger charge is 2.25. The summed E-state index contributed by atoms with van der Waals surface area (Å²) >= 11 is 13.6. The summed E-state index contributed by atoms with van der Waals surface area (Å²) in [5.41, 5.74) is 5.53.